The minimum absolute atomic E-state index is 0.0452. The van der Waals surface area contributed by atoms with Crippen molar-refractivity contribution < 1.29 is 0 Å². The van der Waals surface area contributed by atoms with E-state index in [1.165, 1.54) is 4.90 Å². The Morgan fingerprint density at radius 2 is 1.96 bits per heavy atom. The van der Waals surface area contributed by atoms with Crippen LogP contribution in [0.25, 0.3) is 0 Å². The molecule has 2 aliphatic rings. The summed E-state index contributed by atoms with van der Waals surface area (Å²) in [5.74, 6) is 0.350. The van der Waals surface area contributed by atoms with Crippen molar-refractivity contribution in [1.82, 2.24) is 9.99 Å². The third kappa shape index (κ3) is 2.79. The summed E-state index contributed by atoms with van der Waals surface area (Å²) < 4.78 is 0. The van der Waals surface area contributed by atoms with E-state index >= 15 is 0 Å². The van der Waals surface area contributed by atoms with Crippen LogP contribution in [0.4, 0.5) is 0 Å². The molecule has 0 bridgehead atoms. The number of nitrogens with zero attached hydrogens (tertiary/aromatic N) is 5. The largest absolute Gasteiger partial charge is 0.259 e. The number of hydrogen-bond donors (Lipinski definition) is 0. The van der Waals surface area contributed by atoms with Crippen LogP contribution in [-0.4, -0.2) is 27.4 Å². The molecule has 3 atom stereocenters. The van der Waals surface area contributed by atoms with Gasteiger partial charge in [-0.15, -0.1) is 0 Å². The summed E-state index contributed by atoms with van der Waals surface area (Å²) in [5.41, 5.74) is 0.937. The maximum absolute atomic E-state index is 9.37. The van der Waals surface area contributed by atoms with Crippen LogP contribution < -0.4 is 0 Å². The van der Waals surface area contributed by atoms with Gasteiger partial charge < -0.3 is 0 Å². The van der Waals surface area contributed by atoms with E-state index in [1.807, 2.05) is 41.4 Å². The molecular weight excluding hydrogens is 318 g/mol. The highest BCUT2D eigenvalue weighted by molar-refractivity contribution is 7.99. The molecule has 3 unspecified atom stereocenters. The average Bonchev–Trinajstić information content (AvgIpc) is 3.07. The van der Waals surface area contributed by atoms with Crippen LogP contribution in [0.2, 0.25) is 0 Å². The van der Waals surface area contributed by atoms with E-state index in [4.69, 9.17) is 4.99 Å². The van der Waals surface area contributed by atoms with Gasteiger partial charge in [-0.05, 0) is 24.3 Å². The van der Waals surface area contributed by atoms with Crippen molar-refractivity contribution in [3.8, 4) is 6.07 Å². The van der Waals surface area contributed by atoms with Crippen molar-refractivity contribution in [2.75, 3.05) is 0 Å². The van der Waals surface area contributed by atoms with Gasteiger partial charge in [0.2, 0.25) is 0 Å². The standard InChI is InChI=1S/C18H15N5S/c19-11-13-12-21-23-17(24-14-6-2-1-3-7-14)10-16(22-18(13)23)15-8-4-5-9-20-15/h1-9,12-13,16-17H,10H2. The lowest BCUT2D eigenvalue weighted by Crippen LogP contribution is -2.39. The molecule has 24 heavy (non-hydrogen) atoms. The van der Waals surface area contributed by atoms with E-state index in [0.29, 0.717) is 0 Å². The summed E-state index contributed by atoms with van der Waals surface area (Å²) >= 11 is 1.75. The van der Waals surface area contributed by atoms with E-state index < -0.39 is 0 Å². The van der Waals surface area contributed by atoms with Crippen molar-refractivity contribution >= 4 is 23.8 Å². The molecule has 0 amide bonds. The van der Waals surface area contributed by atoms with Gasteiger partial charge in [0.25, 0.3) is 0 Å². The van der Waals surface area contributed by atoms with E-state index in [2.05, 4.69) is 28.3 Å². The molecule has 0 radical (unpaired) electrons. The van der Waals surface area contributed by atoms with Crippen LogP contribution in [0.5, 0.6) is 0 Å². The molecule has 6 heteroatoms. The number of aliphatic imine (C=N–C) groups is 1. The molecular formula is C18H15N5S. The van der Waals surface area contributed by atoms with Gasteiger partial charge in [-0.3, -0.25) is 9.98 Å². The van der Waals surface area contributed by atoms with Gasteiger partial charge in [-0.2, -0.15) is 10.4 Å². The monoisotopic (exact) mass is 333 g/mol. The average molecular weight is 333 g/mol. The fraction of sp³-hybridized carbons (Fsp3) is 0.222. The van der Waals surface area contributed by atoms with E-state index in [1.54, 1.807) is 24.2 Å². The number of amidine groups is 1. The minimum atomic E-state index is -0.379. The third-order valence-corrected chi connectivity index (χ3v) is 5.23. The molecule has 4 rings (SSSR count). The van der Waals surface area contributed by atoms with Gasteiger partial charge in [0.1, 0.15) is 17.1 Å². The molecule has 0 aliphatic carbocycles. The zero-order valence-corrected chi connectivity index (χ0v) is 13.7. The highest BCUT2D eigenvalue weighted by Crippen LogP contribution is 2.39. The Hall–Kier alpha value is -2.65. The zero-order chi connectivity index (χ0) is 16.4. The Morgan fingerprint density at radius 1 is 1.12 bits per heavy atom. The van der Waals surface area contributed by atoms with Crippen LogP contribution in [0.3, 0.4) is 0 Å². The van der Waals surface area contributed by atoms with Crippen molar-refractivity contribution in [3.05, 3.63) is 60.4 Å². The maximum Gasteiger partial charge on any atom is 0.144 e. The summed E-state index contributed by atoms with van der Waals surface area (Å²) in [6.45, 7) is 0. The molecule has 2 aromatic rings. The number of fused-ring (bicyclic) bond motifs is 1. The molecule has 1 aromatic heterocycles. The number of aromatic nitrogens is 1. The smallest absolute Gasteiger partial charge is 0.144 e. The molecule has 1 aromatic carbocycles. The first-order valence-corrected chi connectivity index (χ1v) is 8.66. The summed E-state index contributed by atoms with van der Waals surface area (Å²) in [4.78, 5) is 10.4. The first-order chi connectivity index (χ1) is 11.8. The molecule has 0 fully saturated rings. The highest BCUT2D eigenvalue weighted by Gasteiger charge is 2.38. The van der Waals surface area contributed by atoms with Gasteiger partial charge >= 0.3 is 0 Å². The number of rotatable bonds is 3. The van der Waals surface area contributed by atoms with Crippen LogP contribution in [0, 0.1) is 17.2 Å². The Morgan fingerprint density at radius 3 is 2.71 bits per heavy atom. The molecule has 118 valence electrons. The van der Waals surface area contributed by atoms with Gasteiger partial charge in [0.05, 0.1) is 17.8 Å². The Balaban J connectivity index is 1.67. The second-order valence-corrected chi connectivity index (χ2v) is 6.85. The topological polar surface area (TPSA) is 64.6 Å². The second-order valence-electron chi connectivity index (χ2n) is 5.59. The molecule has 0 saturated heterocycles. The molecule has 2 aliphatic heterocycles. The lowest BCUT2D eigenvalue weighted by atomic mass is 10.1. The summed E-state index contributed by atoms with van der Waals surface area (Å²) in [6, 6.07) is 18.3. The van der Waals surface area contributed by atoms with Crippen molar-refractivity contribution in [1.29, 1.82) is 5.26 Å². The SMILES string of the molecule is N#CC1C=NN2C1=NC(c1ccccn1)CC2Sc1ccccc1. The van der Waals surface area contributed by atoms with Crippen LogP contribution in [0.15, 0.2) is 69.7 Å². The predicted molar refractivity (Wildman–Crippen MR) is 94.6 cm³/mol. The zero-order valence-electron chi connectivity index (χ0n) is 12.9. The predicted octanol–water partition coefficient (Wildman–Crippen LogP) is 3.48. The minimum Gasteiger partial charge on any atom is -0.259 e. The lowest BCUT2D eigenvalue weighted by Gasteiger charge is -2.33. The number of nitriles is 1. The number of thioether (sulfide) groups is 1. The Labute approximate surface area is 144 Å². The summed E-state index contributed by atoms with van der Waals surface area (Å²) in [5, 5.41) is 15.8. The van der Waals surface area contributed by atoms with Crippen LogP contribution in [0.1, 0.15) is 18.2 Å². The van der Waals surface area contributed by atoms with Crippen LogP contribution in [-0.2, 0) is 0 Å². The molecule has 0 N–H and O–H groups in total. The highest BCUT2D eigenvalue weighted by atomic mass is 32.2. The van der Waals surface area contributed by atoms with Crippen molar-refractivity contribution in [2.45, 2.75) is 22.7 Å². The van der Waals surface area contributed by atoms with Crippen molar-refractivity contribution in [3.63, 3.8) is 0 Å². The fourth-order valence-electron chi connectivity index (χ4n) is 2.88. The fourth-order valence-corrected chi connectivity index (χ4v) is 4.05. The first-order valence-electron chi connectivity index (χ1n) is 7.78. The van der Waals surface area contributed by atoms with E-state index in [9.17, 15) is 5.26 Å². The number of hydrazone groups is 1. The molecule has 5 nitrogen and oxygen atoms in total. The quantitative estimate of drug-likeness (QED) is 0.862. The van der Waals surface area contributed by atoms with E-state index in [0.717, 1.165) is 18.0 Å². The number of benzene rings is 1. The Kier molecular flexibility index (Phi) is 4.01. The normalized spacial score (nSPS) is 25.0. The summed E-state index contributed by atoms with van der Waals surface area (Å²) in [6.07, 6.45) is 4.27. The van der Waals surface area contributed by atoms with Crippen LogP contribution >= 0.6 is 11.8 Å². The maximum atomic E-state index is 9.37. The van der Waals surface area contributed by atoms with E-state index in [-0.39, 0.29) is 17.3 Å². The summed E-state index contributed by atoms with van der Waals surface area (Å²) in [7, 11) is 0. The third-order valence-electron chi connectivity index (χ3n) is 4.02. The second kappa shape index (κ2) is 6.46. The Bertz CT molecular complexity index is 812. The number of hydrogen-bond acceptors (Lipinski definition) is 6. The van der Waals surface area contributed by atoms with Gasteiger partial charge in [0, 0.05) is 23.7 Å². The molecule has 0 spiro atoms. The molecule has 3 heterocycles. The van der Waals surface area contributed by atoms with Gasteiger partial charge in [-0.25, -0.2) is 5.01 Å². The van der Waals surface area contributed by atoms with Gasteiger partial charge in [0.15, 0.2) is 0 Å². The lowest BCUT2D eigenvalue weighted by molar-refractivity contribution is 0.354. The number of pyridine rings is 1. The molecule has 0 saturated carbocycles. The first kappa shape index (κ1) is 14.9. The van der Waals surface area contributed by atoms with Crippen molar-refractivity contribution in [2.24, 2.45) is 16.0 Å². The van der Waals surface area contributed by atoms with Gasteiger partial charge in [-0.1, -0.05) is 36.0 Å².